The molecule has 0 saturated carbocycles. The molecule has 0 aliphatic rings. The van der Waals surface area contributed by atoms with E-state index in [4.69, 9.17) is 0 Å². The van der Waals surface area contributed by atoms with Crippen LogP contribution in [0, 0.1) is 0 Å². The summed E-state index contributed by atoms with van der Waals surface area (Å²) in [5, 5.41) is 0. The van der Waals surface area contributed by atoms with Crippen molar-refractivity contribution >= 4 is 41.9 Å². The minimum atomic E-state index is 0. The smallest absolute Gasteiger partial charge is 0 e. The first-order valence-electron chi connectivity index (χ1n) is 0. The fraction of sp³-hybridized carbons (Fsp3) is 0. The molecule has 0 spiro atoms. The molecule has 0 nitrogen and oxygen atoms in total. The number of hydrogen-bond acceptors (Lipinski definition) is 0. The van der Waals surface area contributed by atoms with Gasteiger partial charge >= 0.3 is 41.9 Å². The molecule has 0 aliphatic heterocycles. The normalized spacial score (nSPS) is 0. The van der Waals surface area contributed by atoms with Gasteiger partial charge in [0.25, 0.3) is 0 Å². The fourth-order valence-corrected chi connectivity index (χ4v) is 0. The third-order valence-corrected chi connectivity index (χ3v) is 0. The molecule has 0 aliphatic carbocycles. The summed E-state index contributed by atoms with van der Waals surface area (Å²) in [5.41, 5.74) is 0. The van der Waals surface area contributed by atoms with Gasteiger partial charge in [0, 0.05) is 34.1 Å². The molecule has 0 heterocycles. The van der Waals surface area contributed by atoms with E-state index in [0.717, 1.165) is 0 Å². The fourth-order valence-electron chi connectivity index (χ4n) is 0. The van der Waals surface area contributed by atoms with Gasteiger partial charge in [-0.15, -0.1) is 0 Å². The van der Waals surface area contributed by atoms with Crippen molar-refractivity contribution in [3.63, 3.8) is 0 Å². The quantitative estimate of drug-likeness (QED) is 0.361. The predicted molar refractivity (Wildman–Crippen MR) is 15.7 cm³/mol. The van der Waals surface area contributed by atoms with Crippen LogP contribution >= 0.6 is 0 Å². The van der Waals surface area contributed by atoms with Gasteiger partial charge < -0.3 is 0 Å². The van der Waals surface area contributed by atoms with Crippen LogP contribution in [0.1, 0.15) is 0 Å². The Bertz CT molecular complexity index is 8.00. The summed E-state index contributed by atoms with van der Waals surface area (Å²) < 4.78 is 0. The van der Waals surface area contributed by atoms with Gasteiger partial charge in [-0.3, -0.25) is 0 Å². The second-order valence-electron chi connectivity index (χ2n) is 0. The molecule has 21 valence electrons. The van der Waals surface area contributed by atoms with Gasteiger partial charge in [-0.05, 0) is 0 Å². The molecule has 4 heavy (non-hydrogen) atoms. The molecule has 0 rings (SSSR count). The van der Waals surface area contributed by atoms with E-state index in [1.54, 1.807) is 0 Å². The van der Waals surface area contributed by atoms with Crippen LogP contribution < -0.4 is 0 Å². The second-order valence-corrected chi connectivity index (χ2v) is 0. The van der Waals surface area contributed by atoms with Crippen LogP contribution in [0.5, 0.6) is 0 Å². The van der Waals surface area contributed by atoms with Gasteiger partial charge in [-0.2, -0.15) is 0 Å². The van der Waals surface area contributed by atoms with Gasteiger partial charge in [0.2, 0.25) is 0 Å². The summed E-state index contributed by atoms with van der Waals surface area (Å²) in [7, 11) is 0. The van der Waals surface area contributed by atoms with Gasteiger partial charge in [-0.1, -0.05) is 0 Å². The number of hydrogen-bond donors (Lipinski definition) is 0. The summed E-state index contributed by atoms with van der Waals surface area (Å²) in [5.74, 6) is 0. The molecule has 0 saturated heterocycles. The second kappa shape index (κ2) is 18.1. The SMILES string of the molecule is [Fe].[LiH].[MgH2].[Mn]. The molecule has 0 aromatic rings. The van der Waals surface area contributed by atoms with Crippen LogP contribution in [0.4, 0.5) is 0 Å². The molecule has 0 aromatic carbocycles. The van der Waals surface area contributed by atoms with Crippen molar-refractivity contribution in [2.75, 3.05) is 0 Å². The molecule has 4 heteroatoms. The Balaban J connectivity index is 0. The Morgan fingerprint density at radius 3 is 1.00 bits per heavy atom. The van der Waals surface area contributed by atoms with Crippen LogP contribution in [0.2, 0.25) is 0 Å². The minimum Gasteiger partial charge on any atom is 0 e. The topological polar surface area (TPSA) is 0 Å². The van der Waals surface area contributed by atoms with E-state index in [0.29, 0.717) is 0 Å². The summed E-state index contributed by atoms with van der Waals surface area (Å²) >= 11 is 0. The Labute approximate surface area is 75.1 Å². The van der Waals surface area contributed by atoms with Crippen molar-refractivity contribution in [3.8, 4) is 0 Å². The Morgan fingerprint density at radius 1 is 1.00 bits per heavy atom. The maximum Gasteiger partial charge on any atom is 0.316 e. The first-order chi connectivity index (χ1) is 0. The molecule has 0 N–H and O–H groups in total. The first-order valence-corrected chi connectivity index (χ1v) is 0. The molecular formula is H3FeLiMgMn. The third-order valence-electron chi connectivity index (χ3n) is 0. The molecule has 0 amide bonds. The Hall–Kier alpha value is 2.40. The molecule has 0 bridgehead atoms. The maximum absolute atomic E-state index is 0. The Kier molecular flexibility index (Phi) is 147. The van der Waals surface area contributed by atoms with Gasteiger partial charge in [0.1, 0.15) is 0 Å². The predicted octanol–water partition coefficient (Wildman–Crippen LogP) is -1.57. The Morgan fingerprint density at radius 2 is 1.00 bits per heavy atom. The average molecular weight is 145 g/mol. The van der Waals surface area contributed by atoms with E-state index in [1.807, 2.05) is 0 Å². The van der Waals surface area contributed by atoms with Crippen molar-refractivity contribution in [3.05, 3.63) is 0 Å². The monoisotopic (exact) mass is 145 g/mol. The van der Waals surface area contributed by atoms with E-state index in [9.17, 15) is 0 Å². The summed E-state index contributed by atoms with van der Waals surface area (Å²) in [6, 6.07) is 0. The minimum absolute atomic E-state index is 0. The molecule has 0 fully saturated rings. The van der Waals surface area contributed by atoms with Gasteiger partial charge in [0.05, 0.1) is 0 Å². The summed E-state index contributed by atoms with van der Waals surface area (Å²) in [4.78, 5) is 0. The standard InChI is InChI=1S/Fe.Li.Mg.Mn.3H. The van der Waals surface area contributed by atoms with Crippen molar-refractivity contribution in [1.29, 1.82) is 0 Å². The van der Waals surface area contributed by atoms with Crippen LogP contribution in [-0.2, 0) is 34.1 Å². The van der Waals surface area contributed by atoms with Gasteiger partial charge in [-0.25, -0.2) is 0 Å². The summed E-state index contributed by atoms with van der Waals surface area (Å²) in [6.45, 7) is 0. The zero-order chi connectivity index (χ0) is 0. The maximum atomic E-state index is 0. The average Bonchev–Trinajstić information content (AvgIpc) is 0. The van der Waals surface area contributed by atoms with Crippen LogP contribution in [0.25, 0.3) is 0 Å². The number of rotatable bonds is 0. The summed E-state index contributed by atoms with van der Waals surface area (Å²) in [6.07, 6.45) is 0. The molecule has 0 atom stereocenters. The largest absolute Gasteiger partial charge is 0.316 e. The van der Waals surface area contributed by atoms with E-state index < -0.39 is 0 Å². The van der Waals surface area contributed by atoms with E-state index >= 15 is 0 Å². The van der Waals surface area contributed by atoms with E-state index in [-0.39, 0.29) is 76.1 Å². The van der Waals surface area contributed by atoms with Crippen molar-refractivity contribution < 1.29 is 34.1 Å². The molecule has 1 radical (unpaired) electrons. The van der Waals surface area contributed by atoms with Crippen molar-refractivity contribution in [1.82, 2.24) is 0 Å². The van der Waals surface area contributed by atoms with Gasteiger partial charge in [0.15, 0.2) is 0 Å². The zero-order valence-corrected chi connectivity index (χ0v) is 3.02. The first kappa shape index (κ1) is 32.4. The molecular weight excluding hydrogens is 142 g/mol. The van der Waals surface area contributed by atoms with Crippen molar-refractivity contribution in [2.24, 2.45) is 0 Å². The van der Waals surface area contributed by atoms with Crippen molar-refractivity contribution in [2.45, 2.75) is 0 Å². The van der Waals surface area contributed by atoms with Crippen LogP contribution in [0.15, 0.2) is 0 Å². The third kappa shape index (κ3) is 8.83. The van der Waals surface area contributed by atoms with E-state index in [1.165, 1.54) is 0 Å². The van der Waals surface area contributed by atoms with Crippen LogP contribution in [-0.4, -0.2) is 41.9 Å². The molecule has 0 aromatic heterocycles. The van der Waals surface area contributed by atoms with Crippen LogP contribution in [0.3, 0.4) is 0 Å². The molecule has 0 unspecified atom stereocenters. The van der Waals surface area contributed by atoms with E-state index in [2.05, 4.69) is 0 Å². The zero-order valence-electron chi connectivity index (χ0n) is 0.732.